The van der Waals surface area contributed by atoms with Gasteiger partial charge in [0.2, 0.25) is 5.91 Å². The molecule has 1 aromatic carbocycles. The average molecular weight is 344 g/mol. The summed E-state index contributed by atoms with van der Waals surface area (Å²) in [4.78, 5) is 27.6. The molecule has 6 heteroatoms. The van der Waals surface area contributed by atoms with E-state index in [1.165, 1.54) is 12.5 Å². The number of amides is 2. The smallest absolute Gasteiger partial charge is 0.257 e. The fraction of sp³-hybridized carbons (Fsp3) is 0.333. The number of hydrogen-bond acceptors (Lipinski definition) is 4. The number of thioether (sulfide) groups is 1. The van der Waals surface area contributed by atoms with Gasteiger partial charge in [-0.1, -0.05) is 12.1 Å². The Morgan fingerprint density at radius 3 is 2.62 bits per heavy atom. The molecule has 3 rings (SSSR count). The molecule has 2 aromatic rings. The number of rotatable bonds is 4. The largest absolute Gasteiger partial charge is 0.472 e. The lowest BCUT2D eigenvalue weighted by molar-refractivity contribution is -0.121. The third-order valence-electron chi connectivity index (χ3n) is 4.29. The van der Waals surface area contributed by atoms with Crippen molar-refractivity contribution in [3.8, 4) is 0 Å². The Kier molecular flexibility index (Phi) is 5.25. The second kappa shape index (κ2) is 7.57. The van der Waals surface area contributed by atoms with E-state index in [1.54, 1.807) is 22.7 Å². The predicted molar refractivity (Wildman–Crippen MR) is 94.2 cm³/mol. The fourth-order valence-corrected chi connectivity index (χ4v) is 3.45. The number of piperidine rings is 1. The van der Waals surface area contributed by atoms with Crippen LogP contribution in [-0.4, -0.2) is 36.1 Å². The Morgan fingerprint density at radius 2 is 1.96 bits per heavy atom. The molecule has 2 amide bonds. The van der Waals surface area contributed by atoms with E-state index in [0.717, 1.165) is 10.6 Å². The summed E-state index contributed by atoms with van der Waals surface area (Å²) in [5.41, 5.74) is 1.42. The molecule has 0 radical (unpaired) electrons. The summed E-state index contributed by atoms with van der Waals surface area (Å²) < 4.78 is 4.96. The van der Waals surface area contributed by atoms with Gasteiger partial charge in [-0.15, -0.1) is 11.8 Å². The summed E-state index contributed by atoms with van der Waals surface area (Å²) in [7, 11) is 0. The van der Waals surface area contributed by atoms with Crippen LogP contribution in [0.1, 0.15) is 23.2 Å². The molecule has 0 atom stereocenters. The molecule has 1 fully saturated rings. The van der Waals surface area contributed by atoms with E-state index in [4.69, 9.17) is 4.42 Å². The van der Waals surface area contributed by atoms with Gasteiger partial charge in [-0.25, -0.2) is 0 Å². The number of para-hydroxylation sites is 1. The number of anilines is 1. The van der Waals surface area contributed by atoms with E-state index in [0.29, 0.717) is 31.5 Å². The zero-order chi connectivity index (χ0) is 16.9. The molecular formula is C18H20N2O3S. The zero-order valence-corrected chi connectivity index (χ0v) is 14.3. The quantitative estimate of drug-likeness (QED) is 0.863. The summed E-state index contributed by atoms with van der Waals surface area (Å²) in [6.45, 7) is 1.18. The molecule has 0 saturated carbocycles. The van der Waals surface area contributed by atoms with Gasteiger partial charge in [0, 0.05) is 23.9 Å². The van der Waals surface area contributed by atoms with E-state index in [9.17, 15) is 9.59 Å². The molecule has 1 aliphatic rings. The molecule has 126 valence electrons. The van der Waals surface area contributed by atoms with Crippen molar-refractivity contribution in [2.24, 2.45) is 5.92 Å². The van der Waals surface area contributed by atoms with E-state index < -0.39 is 0 Å². The number of benzene rings is 1. The minimum atomic E-state index is -0.0617. The number of carbonyl (C=O) groups excluding carboxylic acids is 2. The number of likely N-dealkylation sites (tertiary alicyclic amines) is 1. The first kappa shape index (κ1) is 16.6. The summed E-state index contributed by atoms with van der Waals surface area (Å²) in [5, 5.41) is 3.02. The van der Waals surface area contributed by atoms with Gasteiger partial charge >= 0.3 is 0 Å². The highest BCUT2D eigenvalue weighted by molar-refractivity contribution is 7.98. The van der Waals surface area contributed by atoms with Gasteiger partial charge in [0.25, 0.3) is 5.91 Å². The number of carbonyl (C=O) groups is 2. The predicted octanol–water partition coefficient (Wildman–Crippen LogP) is 3.49. The normalized spacial score (nSPS) is 15.3. The lowest BCUT2D eigenvalue weighted by atomic mass is 9.95. The van der Waals surface area contributed by atoms with Crippen LogP contribution in [0.3, 0.4) is 0 Å². The van der Waals surface area contributed by atoms with E-state index in [-0.39, 0.29) is 17.7 Å². The standard InChI is InChI=1S/C18H20N2O3S/c1-24-16-5-3-2-4-15(16)19-17(21)13-6-9-20(10-7-13)18(22)14-8-11-23-12-14/h2-5,8,11-13H,6-7,9-10H2,1H3,(H,19,21). The topological polar surface area (TPSA) is 62.6 Å². The Balaban J connectivity index is 1.56. The first-order chi connectivity index (χ1) is 11.7. The van der Waals surface area contributed by atoms with E-state index in [2.05, 4.69) is 5.32 Å². The highest BCUT2D eigenvalue weighted by atomic mass is 32.2. The fourth-order valence-electron chi connectivity index (χ4n) is 2.90. The summed E-state index contributed by atoms with van der Waals surface area (Å²) in [6.07, 6.45) is 6.30. The van der Waals surface area contributed by atoms with Crippen LogP contribution in [0, 0.1) is 5.92 Å². The molecule has 24 heavy (non-hydrogen) atoms. The molecule has 1 aliphatic heterocycles. The van der Waals surface area contributed by atoms with Crippen LogP contribution in [0.25, 0.3) is 0 Å². The van der Waals surface area contributed by atoms with Crippen LogP contribution in [-0.2, 0) is 4.79 Å². The molecule has 1 N–H and O–H groups in total. The Morgan fingerprint density at radius 1 is 1.21 bits per heavy atom. The van der Waals surface area contributed by atoms with Crippen LogP contribution in [0.5, 0.6) is 0 Å². The molecule has 2 heterocycles. The maximum Gasteiger partial charge on any atom is 0.257 e. The lowest BCUT2D eigenvalue weighted by Crippen LogP contribution is -2.41. The van der Waals surface area contributed by atoms with Gasteiger partial charge in [-0.2, -0.15) is 0 Å². The molecule has 0 bridgehead atoms. The average Bonchev–Trinajstić information content (AvgIpc) is 3.16. The maximum atomic E-state index is 12.5. The van der Waals surface area contributed by atoms with Crippen LogP contribution in [0.15, 0.2) is 52.2 Å². The Labute approximate surface area is 145 Å². The first-order valence-corrected chi connectivity index (χ1v) is 9.17. The van der Waals surface area contributed by atoms with Gasteiger partial charge in [0.15, 0.2) is 0 Å². The summed E-state index contributed by atoms with van der Waals surface area (Å²) in [6, 6.07) is 9.46. The number of furan rings is 1. The lowest BCUT2D eigenvalue weighted by Gasteiger charge is -2.31. The Hall–Kier alpha value is -2.21. The molecule has 1 aromatic heterocycles. The van der Waals surface area contributed by atoms with Crippen LogP contribution >= 0.6 is 11.8 Å². The second-order valence-electron chi connectivity index (χ2n) is 5.77. The molecule has 1 saturated heterocycles. The number of nitrogens with zero attached hydrogens (tertiary/aromatic N) is 1. The number of hydrogen-bond donors (Lipinski definition) is 1. The van der Waals surface area contributed by atoms with Gasteiger partial charge in [0.1, 0.15) is 6.26 Å². The molecular weight excluding hydrogens is 324 g/mol. The summed E-state index contributed by atoms with van der Waals surface area (Å²) >= 11 is 1.61. The van der Waals surface area contributed by atoms with Gasteiger partial charge < -0.3 is 14.6 Å². The minimum absolute atomic E-state index is 0.0321. The second-order valence-corrected chi connectivity index (χ2v) is 6.62. The van der Waals surface area contributed by atoms with Crippen molar-refractivity contribution in [2.45, 2.75) is 17.7 Å². The van der Waals surface area contributed by atoms with Gasteiger partial charge in [-0.3, -0.25) is 9.59 Å². The first-order valence-electron chi connectivity index (χ1n) is 7.94. The maximum absolute atomic E-state index is 12.5. The molecule has 0 spiro atoms. The summed E-state index contributed by atoms with van der Waals surface area (Å²) in [5.74, 6) is -0.0597. The molecule has 5 nitrogen and oxygen atoms in total. The van der Waals surface area contributed by atoms with Crippen LogP contribution in [0.4, 0.5) is 5.69 Å². The zero-order valence-electron chi connectivity index (χ0n) is 13.5. The van der Waals surface area contributed by atoms with E-state index in [1.807, 2.05) is 30.5 Å². The van der Waals surface area contributed by atoms with Crippen LogP contribution < -0.4 is 5.32 Å². The van der Waals surface area contributed by atoms with Crippen molar-refractivity contribution < 1.29 is 14.0 Å². The molecule has 0 aliphatic carbocycles. The SMILES string of the molecule is CSc1ccccc1NC(=O)C1CCN(C(=O)c2ccoc2)CC1. The van der Waals surface area contributed by atoms with Gasteiger partial charge in [0.05, 0.1) is 17.5 Å². The van der Waals surface area contributed by atoms with Crippen molar-refractivity contribution in [3.05, 3.63) is 48.4 Å². The third kappa shape index (κ3) is 3.64. The minimum Gasteiger partial charge on any atom is -0.472 e. The van der Waals surface area contributed by atoms with E-state index >= 15 is 0 Å². The van der Waals surface area contributed by atoms with Crippen molar-refractivity contribution in [1.82, 2.24) is 4.90 Å². The van der Waals surface area contributed by atoms with Crippen LogP contribution in [0.2, 0.25) is 0 Å². The number of nitrogens with one attached hydrogen (secondary N) is 1. The van der Waals surface area contributed by atoms with Crippen molar-refractivity contribution >= 4 is 29.3 Å². The Bertz CT molecular complexity index is 707. The monoisotopic (exact) mass is 344 g/mol. The highest BCUT2D eigenvalue weighted by Crippen LogP contribution is 2.27. The third-order valence-corrected chi connectivity index (χ3v) is 5.08. The van der Waals surface area contributed by atoms with Crippen molar-refractivity contribution in [3.63, 3.8) is 0 Å². The van der Waals surface area contributed by atoms with Crippen molar-refractivity contribution in [1.29, 1.82) is 0 Å². The van der Waals surface area contributed by atoms with Gasteiger partial charge in [-0.05, 0) is 37.3 Å². The molecule has 0 unspecified atom stereocenters. The van der Waals surface area contributed by atoms with Crippen molar-refractivity contribution in [2.75, 3.05) is 24.7 Å². The highest BCUT2D eigenvalue weighted by Gasteiger charge is 2.28.